The molecule has 3 heterocycles. The highest BCUT2D eigenvalue weighted by atomic mass is 16.5. The predicted octanol–water partition coefficient (Wildman–Crippen LogP) is 2.69. The van der Waals surface area contributed by atoms with E-state index in [9.17, 15) is 0 Å². The standard InChI is InChI=1S/C21H28N8O2/c1-14-15(2)24-18-5-4-16(12-17(14)18)28-23-13-19-25-20(29-7-10-30-11-8-29)27-21(26-19)31-9-6-22-3/h4-5,12,22,24H,6-11,13H2,1-3H3. The smallest absolute Gasteiger partial charge is 0.321 e. The fourth-order valence-electron chi connectivity index (χ4n) is 3.36. The second-order valence-electron chi connectivity index (χ2n) is 7.39. The van der Waals surface area contributed by atoms with E-state index in [1.54, 1.807) is 0 Å². The fourth-order valence-corrected chi connectivity index (χ4v) is 3.36. The molecular formula is C21H28N8O2. The van der Waals surface area contributed by atoms with E-state index in [1.165, 1.54) is 5.56 Å². The Balaban J connectivity index is 1.51. The van der Waals surface area contributed by atoms with Gasteiger partial charge < -0.3 is 24.7 Å². The van der Waals surface area contributed by atoms with E-state index in [0.29, 0.717) is 44.1 Å². The fraction of sp³-hybridized carbons (Fsp3) is 0.476. The number of morpholine rings is 1. The summed E-state index contributed by atoms with van der Waals surface area (Å²) in [6.45, 7) is 8.35. The van der Waals surface area contributed by atoms with Crippen molar-refractivity contribution in [3.63, 3.8) is 0 Å². The lowest BCUT2D eigenvalue weighted by Crippen LogP contribution is -2.37. The van der Waals surface area contributed by atoms with Crippen molar-refractivity contribution in [2.75, 3.05) is 51.4 Å². The van der Waals surface area contributed by atoms with Crippen LogP contribution in [0.3, 0.4) is 0 Å². The molecule has 0 bridgehead atoms. The molecule has 4 rings (SSSR count). The van der Waals surface area contributed by atoms with Gasteiger partial charge in [0.1, 0.15) is 13.2 Å². The first kappa shape index (κ1) is 21.1. The molecular weight excluding hydrogens is 396 g/mol. The average molecular weight is 425 g/mol. The highest BCUT2D eigenvalue weighted by Gasteiger charge is 2.17. The number of rotatable bonds is 8. The van der Waals surface area contributed by atoms with Crippen LogP contribution in [0.15, 0.2) is 28.4 Å². The number of hydrogen-bond donors (Lipinski definition) is 2. The van der Waals surface area contributed by atoms with Gasteiger partial charge in [0.15, 0.2) is 5.82 Å². The molecule has 10 heteroatoms. The maximum atomic E-state index is 5.69. The van der Waals surface area contributed by atoms with E-state index in [2.05, 4.69) is 54.2 Å². The van der Waals surface area contributed by atoms with Crippen molar-refractivity contribution in [1.82, 2.24) is 25.3 Å². The Morgan fingerprint density at radius 2 is 2.03 bits per heavy atom. The van der Waals surface area contributed by atoms with Crippen molar-refractivity contribution in [3.05, 3.63) is 35.3 Å². The lowest BCUT2D eigenvalue weighted by atomic mass is 10.1. The van der Waals surface area contributed by atoms with Gasteiger partial charge in [-0.3, -0.25) is 0 Å². The molecule has 1 aliphatic heterocycles. The summed E-state index contributed by atoms with van der Waals surface area (Å²) in [5, 5.41) is 12.9. The molecule has 0 spiro atoms. The minimum absolute atomic E-state index is 0.241. The summed E-state index contributed by atoms with van der Waals surface area (Å²) < 4.78 is 11.1. The van der Waals surface area contributed by atoms with Crippen LogP contribution in [-0.4, -0.2) is 66.4 Å². The Bertz CT molecular complexity index is 1060. The van der Waals surface area contributed by atoms with Gasteiger partial charge in [0.05, 0.1) is 18.9 Å². The van der Waals surface area contributed by atoms with Crippen molar-refractivity contribution < 1.29 is 9.47 Å². The average Bonchev–Trinajstić information content (AvgIpc) is 3.08. The van der Waals surface area contributed by atoms with Crippen LogP contribution in [0.4, 0.5) is 11.6 Å². The van der Waals surface area contributed by atoms with Crippen molar-refractivity contribution in [1.29, 1.82) is 0 Å². The van der Waals surface area contributed by atoms with Crippen LogP contribution in [0.1, 0.15) is 17.1 Å². The molecule has 3 aromatic rings. The molecule has 1 saturated heterocycles. The Hall–Kier alpha value is -3.11. The number of azo groups is 1. The number of aryl methyl sites for hydroxylation is 2. The van der Waals surface area contributed by atoms with E-state index in [0.717, 1.165) is 35.4 Å². The maximum Gasteiger partial charge on any atom is 0.321 e. The van der Waals surface area contributed by atoms with Gasteiger partial charge in [-0.05, 0) is 44.7 Å². The zero-order valence-corrected chi connectivity index (χ0v) is 18.2. The van der Waals surface area contributed by atoms with Crippen LogP contribution in [0.25, 0.3) is 10.9 Å². The highest BCUT2D eigenvalue weighted by Crippen LogP contribution is 2.26. The van der Waals surface area contributed by atoms with E-state index in [-0.39, 0.29) is 6.54 Å². The zero-order chi connectivity index (χ0) is 21.6. The third-order valence-electron chi connectivity index (χ3n) is 5.22. The molecule has 1 aliphatic rings. The molecule has 1 fully saturated rings. The van der Waals surface area contributed by atoms with Gasteiger partial charge in [-0.15, -0.1) is 0 Å². The third kappa shape index (κ3) is 5.15. The Kier molecular flexibility index (Phi) is 6.68. The van der Waals surface area contributed by atoms with Gasteiger partial charge in [0, 0.05) is 36.2 Å². The largest absolute Gasteiger partial charge is 0.462 e. The number of hydrogen-bond acceptors (Lipinski definition) is 9. The SMILES string of the molecule is CNCCOc1nc(CN=Nc2ccc3[nH]c(C)c(C)c3c2)nc(N2CCOCC2)n1. The topological polar surface area (TPSA) is 113 Å². The van der Waals surface area contributed by atoms with E-state index in [4.69, 9.17) is 9.47 Å². The molecule has 10 nitrogen and oxygen atoms in total. The molecule has 0 unspecified atom stereocenters. The van der Waals surface area contributed by atoms with E-state index < -0.39 is 0 Å². The third-order valence-corrected chi connectivity index (χ3v) is 5.22. The molecule has 2 aromatic heterocycles. The van der Waals surface area contributed by atoms with Crippen LogP contribution < -0.4 is 15.0 Å². The van der Waals surface area contributed by atoms with Crippen molar-refractivity contribution in [3.8, 4) is 6.01 Å². The number of benzene rings is 1. The first-order chi connectivity index (χ1) is 15.1. The van der Waals surface area contributed by atoms with Crippen molar-refractivity contribution in [2.24, 2.45) is 10.2 Å². The quantitative estimate of drug-likeness (QED) is 0.422. The normalized spacial score (nSPS) is 14.6. The van der Waals surface area contributed by atoms with Gasteiger partial charge >= 0.3 is 6.01 Å². The van der Waals surface area contributed by atoms with Crippen LogP contribution in [0, 0.1) is 13.8 Å². The minimum atomic E-state index is 0.241. The van der Waals surface area contributed by atoms with Crippen LogP contribution in [-0.2, 0) is 11.3 Å². The molecule has 1 aromatic carbocycles. The van der Waals surface area contributed by atoms with Crippen LogP contribution in [0.5, 0.6) is 6.01 Å². The van der Waals surface area contributed by atoms with Gasteiger partial charge in [-0.2, -0.15) is 25.2 Å². The lowest BCUT2D eigenvalue weighted by Gasteiger charge is -2.26. The molecule has 0 amide bonds. The second-order valence-corrected chi connectivity index (χ2v) is 7.39. The Morgan fingerprint density at radius 3 is 2.84 bits per heavy atom. The number of anilines is 1. The number of H-pyrrole nitrogens is 1. The number of fused-ring (bicyclic) bond motifs is 1. The summed E-state index contributed by atoms with van der Waals surface area (Å²) in [5.41, 5.74) is 4.28. The number of aromatic amines is 1. The summed E-state index contributed by atoms with van der Waals surface area (Å²) in [4.78, 5) is 18.9. The van der Waals surface area contributed by atoms with Gasteiger partial charge in [-0.1, -0.05) is 0 Å². The summed E-state index contributed by atoms with van der Waals surface area (Å²) in [6, 6.07) is 6.31. The van der Waals surface area contributed by atoms with Gasteiger partial charge in [-0.25, -0.2) is 0 Å². The van der Waals surface area contributed by atoms with Crippen LogP contribution >= 0.6 is 0 Å². The first-order valence-corrected chi connectivity index (χ1v) is 10.5. The molecule has 164 valence electrons. The number of nitrogens with one attached hydrogen (secondary N) is 2. The molecule has 0 aliphatic carbocycles. The van der Waals surface area contributed by atoms with Crippen LogP contribution in [0.2, 0.25) is 0 Å². The molecule has 0 saturated carbocycles. The monoisotopic (exact) mass is 424 g/mol. The predicted molar refractivity (Wildman–Crippen MR) is 118 cm³/mol. The second kappa shape index (κ2) is 9.80. The van der Waals surface area contributed by atoms with E-state index >= 15 is 0 Å². The summed E-state index contributed by atoms with van der Waals surface area (Å²) in [5.74, 6) is 1.11. The minimum Gasteiger partial charge on any atom is -0.462 e. The zero-order valence-electron chi connectivity index (χ0n) is 18.2. The summed E-state index contributed by atoms with van der Waals surface area (Å²) in [6.07, 6.45) is 0. The lowest BCUT2D eigenvalue weighted by molar-refractivity contribution is 0.122. The number of ether oxygens (including phenoxy) is 2. The van der Waals surface area contributed by atoms with Gasteiger partial charge in [0.25, 0.3) is 0 Å². The molecule has 0 atom stereocenters. The molecule has 0 radical (unpaired) electrons. The molecule has 2 N–H and O–H groups in total. The highest BCUT2D eigenvalue weighted by molar-refractivity contribution is 5.86. The summed E-state index contributed by atoms with van der Waals surface area (Å²) in [7, 11) is 1.87. The van der Waals surface area contributed by atoms with Crippen molar-refractivity contribution >= 4 is 22.5 Å². The summed E-state index contributed by atoms with van der Waals surface area (Å²) >= 11 is 0. The number of nitrogens with zero attached hydrogens (tertiary/aromatic N) is 6. The first-order valence-electron chi connectivity index (χ1n) is 10.5. The van der Waals surface area contributed by atoms with Gasteiger partial charge in [0.2, 0.25) is 5.95 Å². The molecule has 31 heavy (non-hydrogen) atoms. The van der Waals surface area contributed by atoms with E-state index in [1.807, 2.05) is 25.2 Å². The Labute approximate surface area is 181 Å². The van der Waals surface area contributed by atoms with Crippen molar-refractivity contribution in [2.45, 2.75) is 20.4 Å². The Morgan fingerprint density at radius 1 is 1.19 bits per heavy atom. The number of aromatic nitrogens is 4. The maximum absolute atomic E-state index is 5.69. The number of likely N-dealkylation sites (N-methyl/N-ethyl adjacent to an activating group) is 1.